The van der Waals surface area contributed by atoms with E-state index >= 15 is 0 Å². The van der Waals surface area contributed by atoms with Crippen LogP contribution in [0.1, 0.15) is 12.1 Å². The van der Waals surface area contributed by atoms with Crippen LogP contribution in [0.5, 0.6) is 0 Å². The van der Waals surface area contributed by atoms with E-state index in [0.717, 1.165) is 5.69 Å². The molecular formula is C12H18N4O3. The van der Waals surface area contributed by atoms with Gasteiger partial charge in [-0.3, -0.25) is 9.48 Å². The molecule has 1 atom stereocenters. The first-order valence-corrected chi connectivity index (χ1v) is 6.30. The number of urea groups is 1. The normalized spacial score (nSPS) is 18.6. The van der Waals surface area contributed by atoms with Crippen LogP contribution < -0.4 is 5.32 Å². The first-order valence-electron chi connectivity index (χ1n) is 6.30. The second kappa shape index (κ2) is 5.73. The Labute approximate surface area is 111 Å². The molecule has 1 aliphatic rings. The molecule has 1 aliphatic heterocycles. The minimum Gasteiger partial charge on any atom is -0.481 e. The Morgan fingerprint density at radius 3 is 2.95 bits per heavy atom. The first kappa shape index (κ1) is 13.4. The van der Waals surface area contributed by atoms with Crippen LogP contribution in [-0.2, 0) is 18.3 Å². The van der Waals surface area contributed by atoms with E-state index in [1.54, 1.807) is 15.8 Å². The van der Waals surface area contributed by atoms with Crippen LogP contribution in [0.15, 0.2) is 12.3 Å². The highest BCUT2D eigenvalue weighted by molar-refractivity contribution is 5.77. The molecule has 0 spiro atoms. The molecule has 1 fully saturated rings. The Morgan fingerprint density at radius 1 is 1.58 bits per heavy atom. The molecular weight excluding hydrogens is 248 g/mol. The third-order valence-electron chi connectivity index (χ3n) is 3.40. The summed E-state index contributed by atoms with van der Waals surface area (Å²) in [7, 11) is 1.86. The lowest BCUT2D eigenvalue weighted by Crippen LogP contribution is -2.39. The summed E-state index contributed by atoms with van der Waals surface area (Å²) in [6.07, 6.45) is 2.96. The molecule has 1 aromatic heterocycles. The summed E-state index contributed by atoms with van der Waals surface area (Å²) in [6.45, 7) is 1.33. The summed E-state index contributed by atoms with van der Waals surface area (Å²) in [5, 5.41) is 15.7. The number of hydrogen-bond donors (Lipinski definition) is 2. The smallest absolute Gasteiger partial charge is 0.317 e. The van der Waals surface area contributed by atoms with Crippen LogP contribution in [0.2, 0.25) is 0 Å². The van der Waals surface area contributed by atoms with Gasteiger partial charge in [0.15, 0.2) is 0 Å². The van der Waals surface area contributed by atoms with Gasteiger partial charge in [0.1, 0.15) is 0 Å². The number of amides is 2. The maximum Gasteiger partial charge on any atom is 0.317 e. The van der Waals surface area contributed by atoms with Crippen molar-refractivity contribution in [2.24, 2.45) is 13.0 Å². The molecule has 1 unspecified atom stereocenters. The number of carboxylic acids is 1. The van der Waals surface area contributed by atoms with Crippen molar-refractivity contribution in [1.29, 1.82) is 0 Å². The van der Waals surface area contributed by atoms with Gasteiger partial charge in [-0.1, -0.05) is 0 Å². The van der Waals surface area contributed by atoms with Crippen LogP contribution >= 0.6 is 0 Å². The highest BCUT2D eigenvalue weighted by Gasteiger charge is 2.30. The maximum atomic E-state index is 11.8. The Morgan fingerprint density at radius 2 is 2.37 bits per heavy atom. The third kappa shape index (κ3) is 3.24. The highest BCUT2D eigenvalue weighted by Crippen LogP contribution is 2.15. The molecule has 1 saturated heterocycles. The fourth-order valence-corrected chi connectivity index (χ4v) is 2.20. The number of nitrogens with zero attached hydrogens (tertiary/aromatic N) is 3. The molecule has 7 nitrogen and oxygen atoms in total. The second-order valence-electron chi connectivity index (χ2n) is 4.70. The lowest BCUT2D eigenvalue weighted by Gasteiger charge is -2.16. The molecule has 2 amide bonds. The molecule has 104 valence electrons. The van der Waals surface area contributed by atoms with Crippen LogP contribution in [0.3, 0.4) is 0 Å². The zero-order valence-corrected chi connectivity index (χ0v) is 10.9. The molecule has 0 aliphatic carbocycles. The summed E-state index contributed by atoms with van der Waals surface area (Å²) < 4.78 is 1.77. The van der Waals surface area contributed by atoms with Gasteiger partial charge in [0.25, 0.3) is 0 Å². The predicted octanol–water partition coefficient (Wildman–Crippen LogP) is 0.0787. The minimum absolute atomic E-state index is 0.189. The SMILES string of the molecule is Cn1nccc1CCNC(=O)N1CCC(C(=O)O)C1. The van der Waals surface area contributed by atoms with Gasteiger partial charge in [0.2, 0.25) is 0 Å². The predicted molar refractivity (Wildman–Crippen MR) is 67.6 cm³/mol. The lowest BCUT2D eigenvalue weighted by molar-refractivity contribution is -0.141. The van der Waals surface area contributed by atoms with Crippen molar-refractivity contribution in [3.63, 3.8) is 0 Å². The number of likely N-dealkylation sites (tertiary alicyclic amines) is 1. The monoisotopic (exact) mass is 266 g/mol. The number of aliphatic carboxylic acids is 1. The van der Waals surface area contributed by atoms with Crippen molar-refractivity contribution in [3.05, 3.63) is 18.0 Å². The van der Waals surface area contributed by atoms with E-state index in [9.17, 15) is 9.59 Å². The zero-order chi connectivity index (χ0) is 13.8. The van der Waals surface area contributed by atoms with Crippen molar-refractivity contribution in [2.45, 2.75) is 12.8 Å². The van der Waals surface area contributed by atoms with Crippen LogP contribution in [0.25, 0.3) is 0 Å². The van der Waals surface area contributed by atoms with Crippen LogP contribution in [-0.4, -0.2) is 51.4 Å². The fraction of sp³-hybridized carbons (Fsp3) is 0.583. The van der Waals surface area contributed by atoms with E-state index in [1.807, 2.05) is 13.1 Å². The summed E-state index contributed by atoms with van der Waals surface area (Å²) in [4.78, 5) is 24.2. The Hall–Kier alpha value is -2.05. The summed E-state index contributed by atoms with van der Waals surface area (Å²) in [6, 6.07) is 1.72. The minimum atomic E-state index is -0.829. The Balaban J connectivity index is 1.73. The van der Waals surface area contributed by atoms with E-state index in [-0.39, 0.29) is 6.03 Å². The van der Waals surface area contributed by atoms with Crippen molar-refractivity contribution >= 4 is 12.0 Å². The molecule has 0 radical (unpaired) electrons. The quantitative estimate of drug-likeness (QED) is 0.808. The molecule has 2 heterocycles. The van der Waals surface area contributed by atoms with E-state index in [2.05, 4.69) is 10.4 Å². The van der Waals surface area contributed by atoms with E-state index < -0.39 is 11.9 Å². The molecule has 2 N–H and O–H groups in total. The average molecular weight is 266 g/mol. The molecule has 7 heteroatoms. The summed E-state index contributed by atoms with van der Waals surface area (Å²) in [5.74, 6) is -1.26. The molecule has 1 aromatic rings. The van der Waals surface area contributed by atoms with Crippen LogP contribution in [0, 0.1) is 5.92 Å². The standard InChI is InChI=1S/C12H18N4O3/c1-15-10(3-6-14-15)2-5-13-12(19)16-7-4-9(8-16)11(17)18/h3,6,9H,2,4-5,7-8H2,1H3,(H,13,19)(H,17,18). The number of rotatable bonds is 4. The number of carbonyl (C=O) groups is 2. The van der Waals surface area contributed by atoms with Gasteiger partial charge in [-0.2, -0.15) is 5.10 Å². The van der Waals surface area contributed by atoms with Crippen molar-refractivity contribution < 1.29 is 14.7 Å². The maximum absolute atomic E-state index is 11.8. The fourth-order valence-electron chi connectivity index (χ4n) is 2.20. The number of hydrogen-bond acceptors (Lipinski definition) is 3. The lowest BCUT2D eigenvalue weighted by atomic mass is 10.1. The number of carbonyl (C=O) groups excluding carboxylic acids is 1. The number of carboxylic acid groups (broad SMARTS) is 1. The van der Waals surface area contributed by atoms with E-state index in [4.69, 9.17) is 5.11 Å². The van der Waals surface area contributed by atoms with Gasteiger partial charge in [0, 0.05) is 45.0 Å². The molecule has 2 rings (SSSR count). The Kier molecular flexibility index (Phi) is 4.03. The highest BCUT2D eigenvalue weighted by atomic mass is 16.4. The second-order valence-corrected chi connectivity index (χ2v) is 4.70. The topological polar surface area (TPSA) is 87.5 Å². The molecule has 0 aromatic carbocycles. The Bertz CT molecular complexity index is 471. The van der Waals surface area contributed by atoms with Crippen molar-refractivity contribution in [2.75, 3.05) is 19.6 Å². The number of aromatic nitrogens is 2. The van der Waals surface area contributed by atoms with Gasteiger partial charge in [-0.15, -0.1) is 0 Å². The van der Waals surface area contributed by atoms with E-state index in [0.29, 0.717) is 32.5 Å². The third-order valence-corrected chi connectivity index (χ3v) is 3.40. The van der Waals surface area contributed by atoms with Crippen molar-refractivity contribution in [1.82, 2.24) is 20.0 Å². The van der Waals surface area contributed by atoms with Gasteiger partial charge in [0.05, 0.1) is 5.92 Å². The molecule has 0 saturated carbocycles. The summed E-state index contributed by atoms with van der Waals surface area (Å²) in [5.41, 5.74) is 1.05. The first-order chi connectivity index (χ1) is 9.08. The van der Waals surface area contributed by atoms with Gasteiger partial charge >= 0.3 is 12.0 Å². The van der Waals surface area contributed by atoms with Gasteiger partial charge in [-0.05, 0) is 12.5 Å². The number of aryl methyl sites for hydroxylation is 1. The molecule has 19 heavy (non-hydrogen) atoms. The van der Waals surface area contributed by atoms with Crippen molar-refractivity contribution in [3.8, 4) is 0 Å². The molecule has 0 bridgehead atoms. The number of nitrogens with one attached hydrogen (secondary N) is 1. The largest absolute Gasteiger partial charge is 0.481 e. The van der Waals surface area contributed by atoms with E-state index in [1.165, 1.54) is 0 Å². The average Bonchev–Trinajstić information content (AvgIpc) is 2.98. The van der Waals surface area contributed by atoms with Gasteiger partial charge < -0.3 is 15.3 Å². The summed E-state index contributed by atoms with van der Waals surface area (Å²) >= 11 is 0. The zero-order valence-electron chi connectivity index (χ0n) is 10.9. The van der Waals surface area contributed by atoms with Crippen LogP contribution in [0.4, 0.5) is 4.79 Å². The van der Waals surface area contributed by atoms with Gasteiger partial charge in [-0.25, -0.2) is 4.79 Å².